The second kappa shape index (κ2) is 6.95. The van der Waals surface area contributed by atoms with Crippen molar-refractivity contribution >= 4 is 23.3 Å². The van der Waals surface area contributed by atoms with Gasteiger partial charge in [-0.15, -0.1) is 0 Å². The summed E-state index contributed by atoms with van der Waals surface area (Å²) in [5.74, 6) is -1.22. The number of nitrogens with zero attached hydrogens (tertiary/aromatic N) is 2. The molecular formula is C19H18FN3O3. The maximum absolute atomic E-state index is 13.1. The van der Waals surface area contributed by atoms with Gasteiger partial charge in [-0.25, -0.2) is 9.18 Å². The summed E-state index contributed by atoms with van der Waals surface area (Å²) in [4.78, 5) is 24.3. The van der Waals surface area contributed by atoms with E-state index in [1.165, 1.54) is 29.3 Å². The van der Waals surface area contributed by atoms with Gasteiger partial charge in [0.2, 0.25) is 5.91 Å². The van der Waals surface area contributed by atoms with E-state index in [0.29, 0.717) is 11.4 Å². The van der Waals surface area contributed by atoms with E-state index in [-0.39, 0.29) is 12.1 Å². The fourth-order valence-electron chi connectivity index (χ4n) is 2.80. The molecule has 1 amide bonds. The number of amides is 1. The second-order valence-electron chi connectivity index (χ2n) is 6.10. The van der Waals surface area contributed by atoms with Gasteiger partial charge in [-0.3, -0.25) is 9.80 Å². The van der Waals surface area contributed by atoms with Gasteiger partial charge in [-0.2, -0.15) is 5.10 Å². The lowest BCUT2D eigenvalue weighted by Gasteiger charge is -2.20. The number of nitrogens with two attached hydrogens (primary N) is 1. The monoisotopic (exact) mass is 355 g/mol. The highest BCUT2D eigenvalue weighted by Crippen LogP contribution is 2.27. The van der Waals surface area contributed by atoms with Crippen LogP contribution in [0, 0.1) is 19.7 Å². The highest BCUT2D eigenvalue weighted by molar-refractivity contribution is 6.38. The standard InChI is InChI=1S/C19H18FN3O3/c1-11-4-3-5-12(2)17(11)26-19(25)15-10-16(18(21)24)23(22-15)14-8-6-13(20)7-9-14/h3-9,16H,10H2,1-2H3,(H2,21,24). The number of esters is 1. The molecular weight excluding hydrogens is 337 g/mol. The number of anilines is 1. The van der Waals surface area contributed by atoms with Crippen molar-refractivity contribution in [2.24, 2.45) is 10.8 Å². The van der Waals surface area contributed by atoms with Crippen LogP contribution in [0.4, 0.5) is 10.1 Å². The summed E-state index contributed by atoms with van der Waals surface area (Å²) in [6.07, 6.45) is 0.0243. The number of primary amides is 1. The molecule has 0 saturated heterocycles. The van der Waals surface area contributed by atoms with Crippen molar-refractivity contribution in [3.63, 3.8) is 0 Å². The van der Waals surface area contributed by atoms with Crippen LogP contribution in [0.15, 0.2) is 47.6 Å². The Morgan fingerprint density at radius 1 is 1.15 bits per heavy atom. The Morgan fingerprint density at radius 2 is 1.77 bits per heavy atom. The van der Waals surface area contributed by atoms with Crippen LogP contribution in [0.2, 0.25) is 0 Å². The molecule has 1 atom stereocenters. The van der Waals surface area contributed by atoms with Crippen LogP contribution in [-0.4, -0.2) is 23.6 Å². The van der Waals surface area contributed by atoms with E-state index in [2.05, 4.69) is 5.10 Å². The first-order chi connectivity index (χ1) is 12.4. The Bertz CT molecular complexity index is 873. The first-order valence-electron chi connectivity index (χ1n) is 8.07. The Kier molecular flexibility index (Phi) is 4.71. The zero-order chi connectivity index (χ0) is 18.8. The van der Waals surface area contributed by atoms with Crippen LogP contribution in [0.5, 0.6) is 5.75 Å². The van der Waals surface area contributed by atoms with Crippen LogP contribution >= 0.6 is 0 Å². The summed E-state index contributed by atoms with van der Waals surface area (Å²) < 4.78 is 18.6. The maximum Gasteiger partial charge on any atom is 0.360 e. The number of hydrogen-bond acceptors (Lipinski definition) is 5. The molecule has 1 heterocycles. The summed E-state index contributed by atoms with van der Waals surface area (Å²) >= 11 is 0. The van der Waals surface area contributed by atoms with E-state index in [4.69, 9.17) is 10.5 Å². The average molecular weight is 355 g/mol. The summed E-state index contributed by atoms with van der Waals surface area (Å²) in [5.41, 5.74) is 7.62. The highest BCUT2D eigenvalue weighted by atomic mass is 19.1. The predicted octanol–water partition coefficient (Wildman–Crippen LogP) is 2.47. The molecule has 3 rings (SSSR count). The molecule has 2 N–H and O–H groups in total. The highest BCUT2D eigenvalue weighted by Gasteiger charge is 2.36. The van der Waals surface area contributed by atoms with Crippen molar-refractivity contribution in [3.05, 3.63) is 59.4 Å². The molecule has 26 heavy (non-hydrogen) atoms. The predicted molar refractivity (Wildman–Crippen MR) is 95.5 cm³/mol. The number of hydrazone groups is 1. The van der Waals surface area contributed by atoms with Gasteiger partial charge in [0.25, 0.3) is 0 Å². The average Bonchev–Trinajstić information content (AvgIpc) is 3.04. The normalized spacial score (nSPS) is 16.3. The number of ether oxygens (including phenoxy) is 1. The van der Waals surface area contributed by atoms with Gasteiger partial charge >= 0.3 is 5.97 Å². The lowest BCUT2D eigenvalue weighted by Crippen LogP contribution is -2.39. The van der Waals surface area contributed by atoms with E-state index in [0.717, 1.165) is 11.1 Å². The van der Waals surface area contributed by atoms with Gasteiger partial charge < -0.3 is 10.5 Å². The van der Waals surface area contributed by atoms with Crippen molar-refractivity contribution in [1.29, 1.82) is 0 Å². The molecule has 6 nitrogen and oxygen atoms in total. The molecule has 0 radical (unpaired) electrons. The van der Waals surface area contributed by atoms with E-state index >= 15 is 0 Å². The van der Waals surface area contributed by atoms with Crippen molar-refractivity contribution in [2.75, 3.05) is 5.01 Å². The largest absolute Gasteiger partial charge is 0.421 e. The lowest BCUT2D eigenvalue weighted by atomic mass is 10.1. The third-order valence-electron chi connectivity index (χ3n) is 4.17. The van der Waals surface area contributed by atoms with E-state index in [1.54, 1.807) is 0 Å². The van der Waals surface area contributed by atoms with Crippen LogP contribution in [0.1, 0.15) is 17.5 Å². The third kappa shape index (κ3) is 3.42. The molecule has 2 aromatic rings. The van der Waals surface area contributed by atoms with E-state index in [9.17, 15) is 14.0 Å². The molecule has 1 aliphatic rings. The smallest absolute Gasteiger partial charge is 0.360 e. The number of para-hydroxylation sites is 1. The molecule has 2 aromatic carbocycles. The molecule has 0 fully saturated rings. The first-order valence-corrected chi connectivity index (χ1v) is 8.07. The third-order valence-corrected chi connectivity index (χ3v) is 4.17. The van der Waals surface area contributed by atoms with Crippen molar-refractivity contribution in [1.82, 2.24) is 0 Å². The molecule has 7 heteroatoms. The molecule has 0 bridgehead atoms. The fourth-order valence-corrected chi connectivity index (χ4v) is 2.80. The summed E-state index contributed by atoms with van der Waals surface area (Å²) in [7, 11) is 0. The van der Waals surface area contributed by atoms with Crippen LogP contribution in [0.25, 0.3) is 0 Å². The molecule has 1 unspecified atom stereocenters. The zero-order valence-electron chi connectivity index (χ0n) is 14.4. The number of halogens is 1. The van der Waals surface area contributed by atoms with Crippen LogP contribution in [0.3, 0.4) is 0 Å². The molecule has 134 valence electrons. The molecule has 0 spiro atoms. The molecule has 0 saturated carbocycles. The summed E-state index contributed by atoms with van der Waals surface area (Å²) in [5, 5.41) is 5.52. The number of hydrogen-bond donors (Lipinski definition) is 1. The maximum atomic E-state index is 13.1. The first kappa shape index (κ1) is 17.6. The minimum absolute atomic E-state index is 0.0243. The zero-order valence-corrected chi connectivity index (χ0v) is 14.4. The van der Waals surface area contributed by atoms with Crippen LogP contribution in [-0.2, 0) is 9.59 Å². The number of benzene rings is 2. The number of carbonyl (C=O) groups is 2. The Morgan fingerprint density at radius 3 is 2.35 bits per heavy atom. The van der Waals surface area contributed by atoms with Gasteiger partial charge in [0.1, 0.15) is 23.3 Å². The molecule has 1 aliphatic heterocycles. The number of rotatable bonds is 4. The van der Waals surface area contributed by atoms with Crippen molar-refractivity contribution in [2.45, 2.75) is 26.3 Å². The van der Waals surface area contributed by atoms with Gasteiger partial charge in [0.15, 0.2) is 0 Å². The Hall–Kier alpha value is -3.22. The Balaban J connectivity index is 1.87. The van der Waals surface area contributed by atoms with E-state index < -0.39 is 23.7 Å². The number of aryl methyl sites for hydroxylation is 2. The number of carbonyl (C=O) groups excluding carboxylic acids is 2. The Labute approximate surface area is 150 Å². The second-order valence-corrected chi connectivity index (χ2v) is 6.10. The minimum Gasteiger partial charge on any atom is -0.421 e. The van der Waals surface area contributed by atoms with Gasteiger partial charge in [0.05, 0.1) is 5.69 Å². The lowest BCUT2D eigenvalue weighted by molar-refractivity contribution is -0.127. The summed E-state index contributed by atoms with van der Waals surface area (Å²) in [6.45, 7) is 3.67. The van der Waals surface area contributed by atoms with Crippen molar-refractivity contribution < 1.29 is 18.7 Å². The van der Waals surface area contributed by atoms with Gasteiger partial charge in [-0.1, -0.05) is 18.2 Å². The van der Waals surface area contributed by atoms with Gasteiger partial charge in [0, 0.05) is 6.42 Å². The minimum atomic E-state index is -0.832. The quantitative estimate of drug-likeness (QED) is 0.674. The summed E-state index contributed by atoms with van der Waals surface area (Å²) in [6, 6.07) is 10.1. The van der Waals surface area contributed by atoms with Crippen LogP contribution < -0.4 is 15.5 Å². The van der Waals surface area contributed by atoms with E-state index in [1.807, 2.05) is 32.0 Å². The molecule has 0 aromatic heterocycles. The molecule has 0 aliphatic carbocycles. The SMILES string of the molecule is Cc1cccc(C)c1OC(=O)C1=NN(c2ccc(F)cc2)C(C(N)=O)C1. The topological polar surface area (TPSA) is 85.0 Å². The van der Waals surface area contributed by atoms with Gasteiger partial charge in [-0.05, 0) is 49.2 Å². The fraction of sp³-hybridized carbons (Fsp3) is 0.211. The van der Waals surface area contributed by atoms with Crippen molar-refractivity contribution in [3.8, 4) is 5.75 Å².